The molecule has 0 spiro atoms. The molecule has 3 N–H and O–H groups in total. The van der Waals surface area contributed by atoms with Crippen LogP contribution in [0.1, 0.15) is 6.92 Å². The molecule has 14 heavy (non-hydrogen) atoms. The minimum absolute atomic E-state index is 0.0251. The monoisotopic (exact) mass is 194 g/mol. The van der Waals surface area contributed by atoms with Crippen molar-refractivity contribution in [2.24, 2.45) is 0 Å². The topological polar surface area (TPSA) is 64.3 Å². The number of carbonyl (C=O) groups excluding carboxylic acids is 1. The highest BCUT2D eigenvalue weighted by molar-refractivity contribution is 5.77. The molecule has 0 fully saturated rings. The summed E-state index contributed by atoms with van der Waals surface area (Å²) in [4.78, 5) is 11.0. The number of likely N-dealkylation sites (N-methyl/N-ethyl adjacent to an activating group) is 1. The Morgan fingerprint density at radius 3 is 3.00 bits per heavy atom. The third kappa shape index (κ3) is 3.35. The highest BCUT2D eigenvalue weighted by Gasteiger charge is 2.00. The predicted molar refractivity (Wildman–Crippen MR) is 55.0 cm³/mol. The van der Waals surface area contributed by atoms with Crippen LogP contribution < -0.4 is 15.8 Å². The summed E-state index contributed by atoms with van der Waals surface area (Å²) in [6, 6.07) is 6.98. The minimum Gasteiger partial charge on any atom is -0.484 e. The number of ether oxygens (including phenoxy) is 1. The first kappa shape index (κ1) is 10.4. The van der Waals surface area contributed by atoms with Gasteiger partial charge in [0.1, 0.15) is 5.75 Å². The molecule has 0 aliphatic rings. The van der Waals surface area contributed by atoms with E-state index in [1.807, 2.05) is 6.92 Å². The first-order chi connectivity index (χ1) is 6.72. The third-order valence-electron chi connectivity index (χ3n) is 1.60. The van der Waals surface area contributed by atoms with Crippen LogP contribution in [0, 0.1) is 0 Å². The Labute approximate surface area is 83.1 Å². The lowest BCUT2D eigenvalue weighted by atomic mass is 10.3. The molecule has 0 saturated carbocycles. The van der Waals surface area contributed by atoms with Crippen molar-refractivity contribution in [2.45, 2.75) is 6.92 Å². The highest BCUT2D eigenvalue weighted by Crippen LogP contribution is 2.13. The van der Waals surface area contributed by atoms with Gasteiger partial charge in [-0.3, -0.25) is 4.79 Å². The molecule has 1 aromatic carbocycles. The molecule has 0 aliphatic carbocycles. The van der Waals surface area contributed by atoms with Crippen molar-refractivity contribution in [2.75, 3.05) is 18.9 Å². The summed E-state index contributed by atoms with van der Waals surface area (Å²) >= 11 is 0. The number of nitrogen functional groups attached to an aromatic ring is 1. The Morgan fingerprint density at radius 1 is 1.57 bits per heavy atom. The fraction of sp³-hybridized carbons (Fsp3) is 0.300. The van der Waals surface area contributed by atoms with E-state index in [1.54, 1.807) is 24.3 Å². The molecule has 1 aromatic rings. The van der Waals surface area contributed by atoms with Crippen molar-refractivity contribution in [3.8, 4) is 5.75 Å². The minimum atomic E-state index is -0.130. The van der Waals surface area contributed by atoms with Crippen LogP contribution in [0.3, 0.4) is 0 Å². The van der Waals surface area contributed by atoms with Crippen molar-refractivity contribution in [3.05, 3.63) is 24.3 Å². The maximum absolute atomic E-state index is 11.0. The normalized spacial score (nSPS) is 9.50. The number of hydrogen-bond donors (Lipinski definition) is 2. The fourth-order valence-corrected chi connectivity index (χ4v) is 1.00. The zero-order chi connectivity index (χ0) is 10.4. The summed E-state index contributed by atoms with van der Waals surface area (Å²) in [7, 11) is 0. The van der Waals surface area contributed by atoms with Gasteiger partial charge >= 0.3 is 0 Å². The first-order valence-corrected chi connectivity index (χ1v) is 4.47. The summed E-state index contributed by atoms with van der Waals surface area (Å²) in [6.07, 6.45) is 0. The number of benzene rings is 1. The number of anilines is 1. The lowest BCUT2D eigenvalue weighted by Crippen LogP contribution is -2.28. The van der Waals surface area contributed by atoms with Gasteiger partial charge in [-0.05, 0) is 19.1 Å². The van der Waals surface area contributed by atoms with Crippen molar-refractivity contribution in [1.29, 1.82) is 0 Å². The first-order valence-electron chi connectivity index (χ1n) is 4.47. The van der Waals surface area contributed by atoms with E-state index in [1.165, 1.54) is 0 Å². The van der Waals surface area contributed by atoms with Crippen LogP contribution >= 0.6 is 0 Å². The standard InChI is InChI=1S/C10H14N2O2/c1-2-12-10(13)7-14-9-5-3-4-8(11)6-9/h3-6H,2,7,11H2,1H3,(H,12,13). The second-order valence-electron chi connectivity index (χ2n) is 2.81. The van der Waals surface area contributed by atoms with Crippen molar-refractivity contribution in [1.82, 2.24) is 5.32 Å². The number of carbonyl (C=O) groups is 1. The number of nitrogens with two attached hydrogens (primary N) is 1. The Bertz CT molecular complexity index is 313. The Balaban J connectivity index is 2.41. The largest absolute Gasteiger partial charge is 0.484 e. The van der Waals surface area contributed by atoms with Gasteiger partial charge in [-0.2, -0.15) is 0 Å². The Morgan fingerprint density at radius 2 is 2.36 bits per heavy atom. The smallest absolute Gasteiger partial charge is 0.257 e. The molecule has 0 unspecified atom stereocenters. The van der Waals surface area contributed by atoms with E-state index in [2.05, 4.69) is 5.32 Å². The van der Waals surface area contributed by atoms with E-state index in [0.717, 1.165) is 0 Å². The van der Waals surface area contributed by atoms with E-state index in [9.17, 15) is 4.79 Å². The van der Waals surface area contributed by atoms with Crippen molar-refractivity contribution >= 4 is 11.6 Å². The summed E-state index contributed by atoms with van der Waals surface area (Å²) in [5, 5.41) is 2.64. The fourth-order valence-electron chi connectivity index (χ4n) is 1.00. The number of amides is 1. The molecule has 4 nitrogen and oxygen atoms in total. The van der Waals surface area contributed by atoms with Crippen molar-refractivity contribution in [3.63, 3.8) is 0 Å². The molecule has 0 saturated heterocycles. The van der Waals surface area contributed by atoms with Gasteiger partial charge in [0.2, 0.25) is 0 Å². The molecular formula is C10H14N2O2. The van der Waals surface area contributed by atoms with E-state index in [0.29, 0.717) is 18.0 Å². The quantitative estimate of drug-likeness (QED) is 0.696. The maximum Gasteiger partial charge on any atom is 0.257 e. The Kier molecular flexibility index (Phi) is 3.79. The van der Waals surface area contributed by atoms with E-state index in [-0.39, 0.29) is 12.5 Å². The van der Waals surface area contributed by atoms with Crippen LogP contribution in [0.15, 0.2) is 24.3 Å². The van der Waals surface area contributed by atoms with E-state index in [4.69, 9.17) is 10.5 Å². The SMILES string of the molecule is CCNC(=O)COc1cccc(N)c1. The highest BCUT2D eigenvalue weighted by atomic mass is 16.5. The van der Waals surface area contributed by atoms with E-state index < -0.39 is 0 Å². The van der Waals surface area contributed by atoms with Gasteiger partial charge in [-0.25, -0.2) is 0 Å². The van der Waals surface area contributed by atoms with E-state index >= 15 is 0 Å². The molecule has 1 rings (SSSR count). The van der Waals surface area contributed by atoms with Crippen LogP contribution in [0.25, 0.3) is 0 Å². The van der Waals surface area contributed by atoms with Gasteiger partial charge < -0.3 is 15.8 Å². The van der Waals surface area contributed by atoms with Gasteiger partial charge in [-0.15, -0.1) is 0 Å². The van der Waals surface area contributed by atoms with Crippen molar-refractivity contribution < 1.29 is 9.53 Å². The summed E-state index contributed by atoms with van der Waals surface area (Å²) in [5.41, 5.74) is 6.17. The molecule has 1 amide bonds. The van der Waals surface area contributed by atoms with Crippen LogP contribution in [0.2, 0.25) is 0 Å². The molecule has 0 aromatic heterocycles. The average molecular weight is 194 g/mol. The molecule has 0 bridgehead atoms. The van der Waals surface area contributed by atoms with Gasteiger partial charge in [-0.1, -0.05) is 6.07 Å². The summed E-state index contributed by atoms with van der Waals surface area (Å²) < 4.78 is 5.21. The van der Waals surface area contributed by atoms with Crippen LogP contribution in [-0.4, -0.2) is 19.1 Å². The lowest BCUT2D eigenvalue weighted by molar-refractivity contribution is -0.122. The van der Waals surface area contributed by atoms with Crippen LogP contribution in [0.4, 0.5) is 5.69 Å². The summed E-state index contributed by atoms with van der Waals surface area (Å²) in [5.74, 6) is 0.478. The number of nitrogens with one attached hydrogen (secondary N) is 1. The molecule has 0 aliphatic heterocycles. The molecular weight excluding hydrogens is 180 g/mol. The predicted octanol–water partition coefficient (Wildman–Crippen LogP) is 0.784. The van der Waals surface area contributed by atoms with Gasteiger partial charge in [0.25, 0.3) is 5.91 Å². The molecule has 0 radical (unpaired) electrons. The zero-order valence-electron chi connectivity index (χ0n) is 8.12. The zero-order valence-corrected chi connectivity index (χ0v) is 8.12. The van der Waals surface area contributed by atoms with Crippen LogP contribution in [0.5, 0.6) is 5.75 Å². The van der Waals surface area contributed by atoms with Crippen LogP contribution in [-0.2, 0) is 4.79 Å². The summed E-state index contributed by atoms with van der Waals surface area (Å²) in [6.45, 7) is 2.49. The average Bonchev–Trinajstić information content (AvgIpc) is 2.15. The Hall–Kier alpha value is -1.71. The van der Waals surface area contributed by atoms with Gasteiger partial charge in [0, 0.05) is 18.3 Å². The van der Waals surface area contributed by atoms with Gasteiger partial charge in [0.15, 0.2) is 6.61 Å². The number of hydrogen-bond acceptors (Lipinski definition) is 3. The molecule has 76 valence electrons. The third-order valence-corrected chi connectivity index (χ3v) is 1.60. The lowest BCUT2D eigenvalue weighted by Gasteiger charge is -2.06. The second kappa shape index (κ2) is 5.11. The number of rotatable bonds is 4. The molecule has 0 heterocycles. The second-order valence-corrected chi connectivity index (χ2v) is 2.81. The molecule has 4 heteroatoms. The molecule has 0 atom stereocenters. The van der Waals surface area contributed by atoms with Gasteiger partial charge in [0.05, 0.1) is 0 Å². The maximum atomic E-state index is 11.0.